The summed E-state index contributed by atoms with van der Waals surface area (Å²) >= 11 is 3.50. The summed E-state index contributed by atoms with van der Waals surface area (Å²) in [6.07, 6.45) is 7.71. The lowest BCUT2D eigenvalue weighted by molar-refractivity contribution is 0.217. The summed E-state index contributed by atoms with van der Waals surface area (Å²) in [5, 5.41) is 3.63. The van der Waals surface area contributed by atoms with Gasteiger partial charge in [-0.15, -0.1) is 6.42 Å². The predicted molar refractivity (Wildman–Crippen MR) is 79.3 cm³/mol. The van der Waals surface area contributed by atoms with Crippen molar-refractivity contribution in [2.45, 2.75) is 25.4 Å². The Morgan fingerprint density at radius 1 is 1.39 bits per heavy atom. The SMILES string of the molecule is C#CCN1CCC(NCc2cccc(Br)c2)CC1. The molecule has 1 aromatic carbocycles. The summed E-state index contributed by atoms with van der Waals surface area (Å²) in [5.74, 6) is 2.72. The van der Waals surface area contributed by atoms with Gasteiger partial charge in [-0.1, -0.05) is 34.0 Å². The highest BCUT2D eigenvalue weighted by atomic mass is 79.9. The van der Waals surface area contributed by atoms with E-state index in [4.69, 9.17) is 6.42 Å². The van der Waals surface area contributed by atoms with Crippen molar-refractivity contribution in [3.8, 4) is 12.3 Å². The lowest BCUT2D eigenvalue weighted by Crippen LogP contribution is -2.42. The number of piperidine rings is 1. The van der Waals surface area contributed by atoms with E-state index in [0.29, 0.717) is 6.04 Å². The number of hydrogen-bond donors (Lipinski definition) is 1. The average molecular weight is 307 g/mol. The largest absolute Gasteiger partial charge is 0.310 e. The zero-order valence-corrected chi connectivity index (χ0v) is 12.1. The van der Waals surface area contributed by atoms with Crippen molar-refractivity contribution >= 4 is 15.9 Å². The Hall–Kier alpha value is -0.820. The van der Waals surface area contributed by atoms with Crippen molar-refractivity contribution < 1.29 is 0 Å². The molecule has 0 saturated carbocycles. The molecule has 3 heteroatoms. The Labute approximate surface area is 118 Å². The number of hydrogen-bond acceptors (Lipinski definition) is 2. The van der Waals surface area contributed by atoms with E-state index in [1.807, 2.05) is 0 Å². The van der Waals surface area contributed by atoms with E-state index in [0.717, 1.165) is 30.7 Å². The smallest absolute Gasteiger partial charge is 0.0598 e. The van der Waals surface area contributed by atoms with Gasteiger partial charge in [0.25, 0.3) is 0 Å². The van der Waals surface area contributed by atoms with Gasteiger partial charge in [0.15, 0.2) is 0 Å². The minimum atomic E-state index is 0.623. The fraction of sp³-hybridized carbons (Fsp3) is 0.467. The first-order valence-corrected chi connectivity index (χ1v) is 7.21. The molecular weight excluding hydrogens is 288 g/mol. The highest BCUT2D eigenvalue weighted by molar-refractivity contribution is 9.10. The number of halogens is 1. The van der Waals surface area contributed by atoms with E-state index in [-0.39, 0.29) is 0 Å². The zero-order valence-electron chi connectivity index (χ0n) is 10.5. The molecule has 96 valence electrons. The molecule has 1 aromatic rings. The van der Waals surface area contributed by atoms with Crippen LogP contribution in [0.4, 0.5) is 0 Å². The van der Waals surface area contributed by atoms with Crippen molar-refractivity contribution in [3.05, 3.63) is 34.3 Å². The van der Waals surface area contributed by atoms with Crippen molar-refractivity contribution in [2.75, 3.05) is 19.6 Å². The first kappa shape index (κ1) is 13.6. The maximum Gasteiger partial charge on any atom is 0.0598 e. The van der Waals surface area contributed by atoms with Crippen LogP contribution < -0.4 is 5.32 Å². The first-order valence-electron chi connectivity index (χ1n) is 6.41. The molecule has 1 heterocycles. The lowest BCUT2D eigenvalue weighted by Gasteiger charge is -2.31. The maximum atomic E-state index is 5.33. The topological polar surface area (TPSA) is 15.3 Å². The van der Waals surface area contributed by atoms with Gasteiger partial charge in [0.2, 0.25) is 0 Å². The van der Waals surface area contributed by atoms with Gasteiger partial charge in [-0.3, -0.25) is 4.90 Å². The molecule has 0 unspecified atom stereocenters. The third-order valence-electron chi connectivity index (χ3n) is 3.39. The second-order valence-electron chi connectivity index (χ2n) is 4.77. The van der Waals surface area contributed by atoms with Crippen LogP contribution in [0.3, 0.4) is 0 Å². The van der Waals surface area contributed by atoms with E-state index in [2.05, 4.69) is 56.3 Å². The second kappa shape index (κ2) is 6.94. The Balaban J connectivity index is 1.74. The maximum absolute atomic E-state index is 5.33. The fourth-order valence-electron chi connectivity index (χ4n) is 2.33. The second-order valence-corrected chi connectivity index (χ2v) is 5.68. The van der Waals surface area contributed by atoms with Gasteiger partial charge in [-0.05, 0) is 30.5 Å². The summed E-state index contributed by atoms with van der Waals surface area (Å²) in [7, 11) is 0. The fourth-order valence-corrected chi connectivity index (χ4v) is 2.78. The molecule has 0 aliphatic carbocycles. The van der Waals surface area contributed by atoms with Gasteiger partial charge in [-0.2, -0.15) is 0 Å². The third-order valence-corrected chi connectivity index (χ3v) is 3.88. The van der Waals surface area contributed by atoms with Crippen LogP contribution in [-0.4, -0.2) is 30.6 Å². The summed E-state index contributed by atoms with van der Waals surface area (Å²) in [5.41, 5.74) is 1.33. The summed E-state index contributed by atoms with van der Waals surface area (Å²) in [4.78, 5) is 2.34. The molecule has 1 aliphatic rings. The highest BCUT2D eigenvalue weighted by Gasteiger charge is 2.17. The van der Waals surface area contributed by atoms with Crippen molar-refractivity contribution in [1.82, 2.24) is 10.2 Å². The van der Waals surface area contributed by atoms with Gasteiger partial charge in [0.1, 0.15) is 0 Å². The molecule has 0 radical (unpaired) electrons. The molecule has 0 spiro atoms. The Kier molecular flexibility index (Phi) is 5.25. The molecule has 0 atom stereocenters. The molecule has 0 aromatic heterocycles. The standard InChI is InChI=1S/C15H19BrN2/c1-2-8-18-9-6-15(7-10-18)17-12-13-4-3-5-14(16)11-13/h1,3-5,11,15,17H,6-10,12H2. The summed E-state index contributed by atoms with van der Waals surface area (Å²) < 4.78 is 1.14. The Morgan fingerprint density at radius 3 is 2.83 bits per heavy atom. The third kappa shape index (κ3) is 4.13. The number of rotatable bonds is 4. The van der Waals surface area contributed by atoms with Crippen LogP contribution in [0.15, 0.2) is 28.7 Å². The van der Waals surface area contributed by atoms with Crippen LogP contribution in [0.2, 0.25) is 0 Å². The number of terminal acetylenes is 1. The molecule has 2 rings (SSSR count). The molecule has 0 bridgehead atoms. The molecule has 18 heavy (non-hydrogen) atoms. The van der Waals surface area contributed by atoms with E-state index < -0.39 is 0 Å². The number of benzene rings is 1. The first-order chi connectivity index (χ1) is 8.78. The average Bonchev–Trinajstić information content (AvgIpc) is 2.38. The monoisotopic (exact) mass is 306 g/mol. The Bertz CT molecular complexity index is 417. The van der Waals surface area contributed by atoms with Crippen molar-refractivity contribution in [2.24, 2.45) is 0 Å². The van der Waals surface area contributed by atoms with E-state index in [9.17, 15) is 0 Å². The van der Waals surface area contributed by atoms with Crippen molar-refractivity contribution in [1.29, 1.82) is 0 Å². The number of likely N-dealkylation sites (tertiary alicyclic amines) is 1. The van der Waals surface area contributed by atoms with Crippen LogP contribution >= 0.6 is 15.9 Å². The van der Waals surface area contributed by atoms with E-state index >= 15 is 0 Å². The molecular formula is C15H19BrN2. The predicted octanol–water partition coefficient (Wildman–Crippen LogP) is 2.64. The van der Waals surface area contributed by atoms with Gasteiger partial charge in [-0.25, -0.2) is 0 Å². The van der Waals surface area contributed by atoms with Gasteiger partial charge in [0, 0.05) is 30.1 Å². The Morgan fingerprint density at radius 2 is 2.17 bits per heavy atom. The molecule has 1 saturated heterocycles. The van der Waals surface area contributed by atoms with Gasteiger partial charge < -0.3 is 5.32 Å². The van der Waals surface area contributed by atoms with Crippen LogP contribution in [0.25, 0.3) is 0 Å². The minimum absolute atomic E-state index is 0.623. The number of nitrogens with one attached hydrogen (secondary N) is 1. The van der Waals surface area contributed by atoms with Gasteiger partial charge in [0.05, 0.1) is 6.54 Å². The summed E-state index contributed by atoms with van der Waals surface area (Å²) in [6.45, 7) is 3.96. The normalized spacial score (nSPS) is 17.6. The number of nitrogens with zero attached hydrogens (tertiary/aromatic N) is 1. The molecule has 0 amide bonds. The molecule has 1 aliphatic heterocycles. The molecule has 1 N–H and O–H groups in total. The van der Waals surface area contributed by atoms with E-state index in [1.165, 1.54) is 18.4 Å². The minimum Gasteiger partial charge on any atom is -0.310 e. The molecule has 1 fully saturated rings. The lowest BCUT2D eigenvalue weighted by atomic mass is 10.0. The zero-order chi connectivity index (χ0) is 12.8. The van der Waals surface area contributed by atoms with E-state index in [1.54, 1.807) is 0 Å². The van der Waals surface area contributed by atoms with Gasteiger partial charge >= 0.3 is 0 Å². The highest BCUT2D eigenvalue weighted by Crippen LogP contribution is 2.13. The van der Waals surface area contributed by atoms with Crippen LogP contribution in [0, 0.1) is 12.3 Å². The van der Waals surface area contributed by atoms with Crippen LogP contribution in [0.5, 0.6) is 0 Å². The van der Waals surface area contributed by atoms with Crippen LogP contribution in [-0.2, 0) is 6.54 Å². The summed E-state index contributed by atoms with van der Waals surface area (Å²) in [6, 6.07) is 9.09. The molecule has 2 nitrogen and oxygen atoms in total. The quantitative estimate of drug-likeness (QED) is 0.860. The van der Waals surface area contributed by atoms with Crippen LogP contribution in [0.1, 0.15) is 18.4 Å². The van der Waals surface area contributed by atoms with Crippen molar-refractivity contribution in [3.63, 3.8) is 0 Å².